The van der Waals surface area contributed by atoms with Crippen molar-refractivity contribution in [2.75, 3.05) is 12.4 Å². The highest BCUT2D eigenvalue weighted by atomic mass is 32.2. The van der Waals surface area contributed by atoms with Crippen molar-refractivity contribution in [1.82, 2.24) is 9.71 Å². The Morgan fingerprint density at radius 1 is 1.32 bits per heavy atom. The van der Waals surface area contributed by atoms with Crippen molar-refractivity contribution in [1.29, 1.82) is 0 Å². The lowest BCUT2D eigenvalue weighted by Gasteiger charge is -2.15. The van der Waals surface area contributed by atoms with E-state index >= 15 is 0 Å². The van der Waals surface area contributed by atoms with Crippen molar-refractivity contribution >= 4 is 15.7 Å². The average molecular weight is 297 g/mol. The number of nitrogens with one attached hydrogen (secondary N) is 2. The Morgan fingerprint density at radius 2 is 1.89 bits per heavy atom. The summed E-state index contributed by atoms with van der Waals surface area (Å²) in [6.45, 7) is 3.14. The predicted molar refractivity (Wildman–Crippen MR) is 64.2 cm³/mol. The first-order valence-electron chi connectivity index (χ1n) is 5.35. The zero-order valence-electron chi connectivity index (χ0n) is 10.5. The lowest BCUT2D eigenvalue weighted by molar-refractivity contribution is -0.141. The second kappa shape index (κ2) is 5.33. The Balaban J connectivity index is 3.39. The zero-order chi connectivity index (χ0) is 14.8. The molecule has 0 saturated heterocycles. The van der Waals surface area contributed by atoms with E-state index in [9.17, 15) is 21.6 Å². The Hall–Kier alpha value is -1.35. The molecule has 1 rings (SSSR count). The molecule has 19 heavy (non-hydrogen) atoms. The van der Waals surface area contributed by atoms with Crippen molar-refractivity contribution in [3.8, 4) is 0 Å². The summed E-state index contributed by atoms with van der Waals surface area (Å²) in [5.74, 6) is 0. The largest absolute Gasteiger partial charge is 0.433 e. The van der Waals surface area contributed by atoms with Crippen LogP contribution < -0.4 is 10.0 Å². The van der Waals surface area contributed by atoms with E-state index in [1.165, 1.54) is 7.05 Å². The summed E-state index contributed by atoms with van der Waals surface area (Å²) >= 11 is 0. The van der Waals surface area contributed by atoms with Crippen molar-refractivity contribution in [3.05, 3.63) is 18.0 Å². The fourth-order valence-electron chi connectivity index (χ4n) is 1.38. The fourth-order valence-corrected chi connectivity index (χ4v) is 2.83. The van der Waals surface area contributed by atoms with Crippen molar-refractivity contribution < 1.29 is 21.6 Å². The third kappa shape index (κ3) is 3.80. The predicted octanol–water partition coefficient (Wildman–Crippen LogP) is 1.83. The van der Waals surface area contributed by atoms with Gasteiger partial charge >= 0.3 is 6.18 Å². The number of anilines is 1. The third-order valence-corrected chi connectivity index (χ3v) is 3.80. The van der Waals surface area contributed by atoms with Crippen LogP contribution in [0.4, 0.5) is 18.9 Å². The molecule has 1 aromatic heterocycles. The van der Waals surface area contributed by atoms with Crippen molar-refractivity contribution in [3.63, 3.8) is 0 Å². The number of halogens is 3. The van der Waals surface area contributed by atoms with Gasteiger partial charge in [-0.1, -0.05) is 0 Å². The molecule has 0 aliphatic rings. The minimum Gasteiger partial charge on any atom is -0.386 e. The molecule has 9 heteroatoms. The molecule has 0 atom stereocenters. The van der Waals surface area contributed by atoms with Crippen molar-refractivity contribution in [2.45, 2.75) is 31.0 Å². The van der Waals surface area contributed by atoms with Gasteiger partial charge < -0.3 is 5.32 Å². The number of sulfonamides is 1. The number of hydrogen-bond donors (Lipinski definition) is 2. The van der Waals surface area contributed by atoms with E-state index in [1.807, 2.05) is 0 Å². The molecule has 0 aromatic carbocycles. The van der Waals surface area contributed by atoms with E-state index < -0.39 is 32.8 Å². The Kier molecular flexibility index (Phi) is 4.41. The van der Waals surface area contributed by atoms with Crippen LogP contribution in [0.25, 0.3) is 0 Å². The Labute approximate surface area is 109 Å². The third-order valence-electron chi connectivity index (χ3n) is 2.11. The molecule has 108 valence electrons. The van der Waals surface area contributed by atoms with Gasteiger partial charge in [0, 0.05) is 13.1 Å². The summed E-state index contributed by atoms with van der Waals surface area (Å²) in [5.41, 5.74) is -1.25. The van der Waals surface area contributed by atoms with E-state index in [0.29, 0.717) is 6.07 Å². The van der Waals surface area contributed by atoms with Gasteiger partial charge in [-0.05, 0) is 19.9 Å². The molecule has 0 aliphatic heterocycles. The highest BCUT2D eigenvalue weighted by molar-refractivity contribution is 7.89. The summed E-state index contributed by atoms with van der Waals surface area (Å²) in [4.78, 5) is 2.71. The van der Waals surface area contributed by atoms with E-state index in [1.54, 1.807) is 13.8 Å². The molecule has 0 radical (unpaired) electrons. The SMILES string of the molecule is CNc1cnc(C(F)(F)F)cc1S(=O)(=O)NC(C)C. The van der Waals surface area contributed by atoms with Crippen LogP contribution in [0.1, 0.15) is 19.5 Å². The normalized spacial score (nSPS) is 12.8. The second-order valence-electron chi connectivity index (χ2n) is 4.09. The van der Waals surface area contributed by atoms with Crippen LogP contribution >= 0.6 is 0 Å². The average Bonchev–Trinajstić information content (AvgIpc) is 2.25. The number of hydrogen-bond acceptors (Lipinski definition) is 4. The fraction of sp³-hybridized carbons (Fsp3) is 0.500. The van der Waals surface area contributed by atoms with Gasteiger partial charge in [0.15, 0.2) is 0 Å². The van der Waals surface area contributed by atoms with Crippen LogP contribution in [0, 0.1) is 0 Å². The minimum absolute atomic E-state index is 0.00106. The van der Waals surface area contributed by atoms with Crippen molar-refractivity contribution in [2.24, 2.45) is 0 Å². The minimum atomic E-state index is -4.70. The van der Waals surface area contributed by atoms with Crippen LogP contribution in [-0.4, -0.2) is 26.5 Å². The van der Waals surface area contributed by atoms with E-state index in [-0.39, 0.29) is 5.69 Å². The van der Waals surface area contributed by atoms with Gasteiger partial charge in [-0.2, -0.15) is 13.2 Å². The lowest BCUT2D eigenvalue weighted by atomic mass is 10.3. The standard InChI is InChI=1S/C10H14F3N3O2S/c1-6(2)16-19(17,18)8-4-9(10(11,12)13)15-5-7(8)14-3/h4-6,14,16H,1-3H3. The van der Waals surface area contributed by atoms with Gasteiger partial charge in [0.2, 0.25) is 10.0 Å². The number of aromatic nitrogens is 1. The quantitative estimate of drug-likeness (QED) is 0.889. The first-order valence-corrected chi connectivity index (χ1v) is 6.83. The molecule has 1 aromatic rings. The van der Waals surface area contributed by atoms with Gasteiger partial charge in [-0.25, -0.2) is 18.1 Å². The smallest absolute Gasteiger partial charge is 0.386 e. The maximum atomic E-state index is 12.6. The molecule has 1 heterocycles. The molecule has 0 unspecified atom stereocenters. The van der Waals surface area contributed by atoms with Gasteiger partial charge in [-0.15, -0.1) is 0 Å². The first kappa shape index (κ1) is 15.7. The maximum absolute atomic E-state index is 12.6. The van der Waals surface area contributed by atoms with Gasteiger partial charge in [0.1, 0.15) is 10.6 Å². The summed E-state index contributed by atoms with van der Waals surface area (Å²) in [5, 5.41) is 2.50. The van der Waals surface area contributed by atoms with Crippen LogP contribution in [-0.2, 0) is 16.2 Å². The summed E-state index contributed by atoms with van der Waals surface area (Å²) in [6, 6.07) is 0.0773. The van der Waals surface area contributed by atoms with E-state index in [0.717, 1.165) is 6.20 Å². The highest BCUT2D eigenvalue weighted by Crippen LogP contribution is 2.31. The van der Waals surface area contributed by atoms with Gasteiger partial charge in [-0.3, -0.25) is 0 Å². The van der Waals surface area contributed by atoms with Gasteiger partial charge in [0.05, 0.1) is 11.9 Å². The molecular formula is C10H14F3N3O2S. The molecule has 0 amide bonds. The van der Waals surface area contributed by atoms with Crippen LogP contribution in [0.15, 0.2) is 17.2 Å². The molecule has 5 nitrogen and oxygen atoms in total. The van der Waals surface area contributed by atoms with E-state index in [2.05, 4.69) is 15.0 Å². The molecule has 0 spiro atoms. The molecule has 0 fully saturated rings. The Bertz CT molecular complexity index is 556. The van der Waals surface area contributed by atoms with Crippen LogP contribution in [0.5, 0.6) is 0 Å². The molecule has 2 N–H and O–H groups in total. The summed E-state index contributed by atoms with van der Waals surface area (Å²) in [7, 11) is -2.64. The molecular weight excluding hydrogens is 283 g/mol. The lowest BCUT2D eigenvalue weighted by Crippen LogP contribution is -2.31. The summed E-state index contributed by atoms with van der Waals surface area (Å²) in [6.07, 6.45) is -3.86. The Morgan fingerprint density at radius 3 is 2.32 bits per heavy atom. The van der Waals surface area contributed by atoms with Crippen LogP contribution in [0.2, 0.25) is 0 Å². The van der Waals surface area contributed by atoms with Crippen LogP contribution in [0.3, 0.4) is 0 Å². The maximum Gasteiger partial charge on any atom is 0.433 e. The van der Waals surface area contributed by atoms with E-state index in [4.69, 9.17) is 0 Å². The molecule has 0 bridgehead atoms. The molecule has 0 aliphatic carbocycles. The number of rotatable bonds is 4. The number of alkyl halides is 3. The topological polar surface area (TPSA) is 71.1 Å². The first-order chi connectivity index (χ1) is 8.58. The zero-order valence-corrected chi connectivity index (χ0v) is 11.4. The second-order valence-corrected chi connectivity index (χ2v) is 5.77. The number of nitrogens with zero attached hydrogens (tertiary/aromatic N) is 1. The summed E-state index contributed by atoms with van der Waals surface area (Å²) < 4.78 is 63.8. The number of pyridine rings is 1. The monoisotopic (exact) mass is 297 g/mol. The van der Waals surface area contributed by atoms with Gasteiger partial charge in [0.25, 0.3) is 0 Å². The molecule has 0 saturated carbocycles. The highest BCUT2D eigenvalue weighted by Gasteiger charge is 2.34.